The lowest BCUT2D eigenvalue weighted by molar-refractivity contribution is -0.133. The molecule has 0 spiro atoms. The van der Waals surface area contributed by atoms with E-state index in [4.69, 9.17) is 16.6 Å². The molecule has 2 heterocycles. The van der Waals surface area contributed by atoms with Gasteiger partial charge in [-0.2, -0.15) is 0 Å². The lowest BCUT2D eigenvalue weighted by atomic mass is 10.1. The Bertz CT molecular complexity index is 1060. The first-order chi connectivity index (χ1) is 14.9. The number of nitrogens with one attached hydrogen (secondary N) is 1. The molecule has 0 saturated heterocycles. The molecular weight excluding hydrogens is 415 g/mol. The third-order valence-electron chi connectivity index (χ3n) is 5.49. The smallest absolute Gasteiger partial charge is 0.223 e. The Kier molecular flexibility index (Phi) is 6.28. The largest absolute Gasteiger partial charge is 0.340 e. The van der Waals surface area contributed by atoms with Crippen molar-refractivity contribution < 1.29 is 9.18 Å². The third-order valence-corrected chi connectivity index (χ3v) is 5.74. The maximum atomic E-state index is 13.5. The second-order valence-electron chi connectivity index (χ2n) is 8.26. The number of imidazole rings is 1. The molecule has 0 atom stereocenters. The van der Waals surface area contributed by atoms with Gasteiger partial charge in [0.2, 0.25) is 5.91 Å². The molecule has 4 rings (SSSR count). The first-order valence-electron chi connectivity index (χ1n) is 10.6. The van der Waals surface area contributed by atoms with Crippen molar-refractivity contribution in [3.8, 4) is 11.3 Å². The maximum absolute atomic E-state index is 13.5. The molecule has 1 aliphatic heterocycles. The second-order valence-corrected chi connectivity index (χ2v) is 8.70. The van der Waals surface area contributed by atoms with Crippen molar-refractivity contribution in [3.05, 3.63) is 65.2 Å². The van der Waals surface area contributed by atoms with E-state index in [0.29, 0.717) is 37.0 Å². The van der Waals surface area contributed by atoms with Crippen LogP contribution in [0.3, 0.4) is 0 Å². The molecule has 1 aliphatic rings. The zero-order valence-corrected chi connectivity index (χ0v) is 18.5. The average Bonchev–Trinajstić information content (AvgIpc) is 3.11. The molecule has 3 aromatic rings. The molecule has 5 nitrogen and oxygen atoms in total. The number of hydrogen-bond donors (Lipinski definition) is 1. The Hall–Kier alpha value is -2.86. The fraction of sp³-hybridized carbons (Fsp3) is 0.333. The average molecular weight is 441 g/mol. The van der Waals surface area contributed by atoms with Gasteiger partial charge < -0.3 is 14.8 Å². The predicted molar refractivity (Wildman–Crippen MR) is 122 cm³/mol. The summed E-state index contributed by atoms with van der Waals surface area (Å²) in [6, 6.07) is 13.8. The fourth-order valence-corrected chi connectivity index (χ4v) is 3.85. The van der Waals surface area contributed by atoms with E-state index >= 15 is 0 Å². The van der Waals surface area contributed by atoms with E-state index < -0.39 is 0 Å². The van der Waals surface area contributed by atoms with Gasteiger partial charge in [0.05, 0.1) is 6.54 Å². The molecule has 0 aliphatic carbocycles. The van der Waals surface area contributed by atoms with Crippen LogP contribution >= 0.6 is 11.6 Å². The van der Waals surface area contributed by atoms with Gasteiger partial charge in [-0.05, 0) is 60.9 Å². The molecule has 0 radical (unpaired) electrons. The van der Waals surface area contributed by atoms with Gasteiger partial charge >= 0.3 is 0 Å². The molecule has 0 bridgehead atoms. The van der Waals surface area contributed by atoms with Gasteiger partial charge in [-0.3, -0.25) is 4.79 Å². The Labute approximate surface area is 186 Å². The minimum Gasteiger partial charge on any atom is -0.340 e. The summed E-state index contributed by atoms with van der Waals surface area (Å²) in [5.41, 5.74) is 2.43. The van der Waals surface area contributed by atoms with Crippen molar-refractivity contribution in [2.45, 2.75) is 39.8 Å². The molecule has 0 unspecified atom stereocenters. The monoisotopic (exact) mass is 440 g/mol. The highest BCUT2D eigenvalue weighted by atomic mass is 35.5. The lowest BCUT2D eigenvalue weighted by Gasteiger charge is -2.29. The van der Waals surface area contributed by atoms with E-state index in [1.54, 1.807) is 12.1 Å². The summed E-state index contributed by atoms with van der Waals surface area (Å²) in [5, 5.41) is 4.11. The van der Waals surface area contributed by atoms with Crippen molar-refractivity contribution in [1.82, 2.24) is 14.5 Å². The number of aromatic nitrogens is 2. The van der Waals surface area contributed by atoms with E-state index in [1.165, 1.54) is 12.1 Å². The highest BCUT2D eigenvalue weighted by Gasteiger charge is 2.27. The molecule has 31 heavy (non-hydrogen) atoms. The number of nitrogens with zero attached hydrogens (tertiary/aromatic N) is 3. The lowest BCUT2D eigenvalue weighted by Crippen LogP contribution is -2.38. The molecule has 0 saturated carbocycles. The number of halogens is 2. The summed E-state index contributed by atoms with van der Waals surface area (Å²) in [6.07, 6.45) is 1.44. The van der Waals surface area contributed by atoms with Gasteiger partial charge in [-0.15, -0.1) is 0 Å². The molecule has 162 valence electrons. The summed E-state index contributed by atoms with van der Waals surface area (Å²) >= 11 is 6.02. The molecule has 7 heteroatoms. The molecular formula is C24H26ClFN4O. The minimum atomic E-state index is -0.290. The summed E-state index contributed by atoms with van der Waals surface area (Å²) in [6.45, 7) is 6.00. The topological polar surface area (TPSA) is 50.2 Å². The third kappa shape index (κ3) is 4.90. The first kappa shape index (κ1) is 21.4. The summed E-state index contributed by atoms with van der Waals surface area (Å²) in [5.74, 6) is 2.02. The molecule has 1 aromatic heterocycles. The molecule has 2 aromatic carbocycles. The number of carbonyl (C=O) groups is 1. The van der Waals surface area contributed by atoms with E-state index in [-0.39, 0.29) is 11.7 Å². The van der Waals surface area contributed by atoms with Crippen molar-refractivity contribution in [3.63, 3.8) is 0 Å². The molecule has 0 fully saturated rings. The Morgan fingerprint density at radius 2 is 1.84 bits per heavy atom. The number of benzene rings is 2. The highest BCUT2D eigenvalue weighted by Crippen LogP contribution is 2.33. The normalized spacial score (nSPS) is 13.4. The van der Waals surface area contributed by atoms with Gasteiger partial charge in [0.1, 0.15) is 23.2 Å². The highest BCUT2D eigenvalue weighted by molar-refractivity contribution is 6.30. The van der Waals surface area contributed by atoms with Gasteiger partial charge in [-0.25, -0.2) is 9.37 Å². The minimum absolute atomic E-state index is 0.165. The van der Waals surface area contributed by atoms with Crippen LogP contribution in [0.4, 0.5) is 15.9 Å². The van der Waals surface area contributed by atoms with Crippen LogP contribution in [-0.4, -0.2) is 26.9 Å². The number of rotatable bonds is 6. The fourth-order valence-electron chi connectivity index (χ4n) is 3.72. The zero-order valence-electron chi connectivity index (χ0n) is 17.7. The van der Waals surface area contributed by atoms with Crippen molar-refractivity contribution in [1.29, 1.82) is 0 Å². The summed E-state index contributed by atoms with van der Waals surface area (Å²) in [4.78, 5) is 19.4. The van der Waals surface area contributed by atoms with Crippen LogP contribution in [0.1, 0.15) is 32.5 Å². The van der Waals surface area contributed by atoms with Gasteiger partial charge in [0.25, 0.3) is 0 Å². The van der Waals surface area contributed by atoms with Crippen LogP contribution in [0.25, 0.3) is 11.3 Å². The summed E-state index contributed by atoms with van der Waals surface area (Å²) < 4.78 is 15.6. The van der Waals surface area contributed by atoms with E-state index in [2.05, 4.69) is 23.7 Å². The van der Waals surface area contributed by atoms with E-state index in [0.717, 1.165) is 35.0 Å². The van der Waals surface area contributed by atoms with Gasteiger partial charge in [0, 0.05) is 35.8 Å². The first-order valence-corrected chi connectivity index (χ1v) is 10.9. The molecule has 1 amide bonds. The Balaban J connectivity index is 1.66. The van der Waals surface area contributed by atoms with Crippen molar-refractivity contribution >= 4 is 29.0 Å². The molecule has 1 N–H and O–H groups in total. The zero-order chi connectivity index (χ0) is 22.0. The Morgan fingerprint density at radius 1 is 1.13 bits per heavy atom. The number of carbonyl (C=O) groups excluding carboxylic acids is 1. The van der Waals surface area contributed by atoms with Crippen LogP contribution < -0.4 is 5.32 Å². The quantitative estimate of drug-likeness (QED) is 0.522. The Morgan fingerprint density at radius 3 is 2.52 bits per heavy atom. The summed E-state index contributed by atoms with van der Waals surface area (Å²) in [7, 11) is 0. The number of fused-ring (bicyclic) bond motifs is 1. The van der Waals surface area contributed by atoms with Crippen LogP contribution in [0.2, 0.25) is 5.02 Å². The van der Waals surface area contributed by atoms with E-state index in [9.17, 15) is 9.18 Å². The van der Waals surface area contributed by atoms with Gasteiger partial charge in [-0.1, -0.05) is 25.4 Å². The standard InChI is InChI=1S/C24H26ClFN4O/c1-16(2)3-12-22(31)29-13-14-30-21(15-29)28-23(17-4-8-19(26)9-5-17)24(30)27-20-10-6-18(25)7-11-20/h4-11,16,27H,3,12-15H2,1-2H3. The number of anilines is 2. The van der Waals surface area contributed by atoms with Crippen LogP contribution in [0.5, 0.6) is 0 Å². The SMILES string of the molecule is CC(C)CCC(=O)N1CCn2c(nc(-c3ccc(F)cc3)c2Nc2ccc(Cl)cc2)C1. The van der Waals surface area contributed by atoms with E-state index in [1.807, 2.05) is 29.2 Å². The van der Waals surface area contributed by atoms with Crippen LogP contribution in [-0.2, 0) is 17.9 Å². The predicted octanol–water partition coefficient (Wildman–Crippen LogP) is 5.86. The number of amides is 1. The van der Waals surface area contributed by atoms with Crippen molar-refractivity contribution in [2.24, 2.45) is 5.92 Å². The number of hydrogen-bond acceptors (Lipinski definition) is 3. The van der Waals surface area contributed by atoms with Crippen molar-refractivity contribution in [2.75, 3.05) is 11.9 Å². The maximum Gasteiger partial charge on any atom is 0.223 e. The van der Waals surface area contributed by atoms with Crippen LogP contribution in [0.15, 0.2) is 48.5 Å². The van der Waals surface area contributed by atoms with Gasteiger partial charge in [0.15, 0.2) is 0 Å². The van der Waals surface area contributed by atoms with Crippen LogP contribution in [0, 0.1) is 11.7 Å². The second kappa shape index (κ2) is 9.10.